The number of Topliss-reactive ketones (excluding diaryl/α,β-unsaturated/α-hetero) is 1. The molecule has 0 atom stereocenters. The monoisotopic (exact) mass is 492 g/mol. The molecule has 0 spiro atoms. The topological polar surface area (TPSA) is 52.0 Å². The molecule has 3 heterocycles. The van der Waals surface area contributed by atoms with Gasteiger partial charge >= 0.3 is 0 Å². The molecule has 2 aromatic carbocycles. The van der Waals surface area contributed by atoms with Crippen molar-refractivity contribution >= 4 is 50.9 Å². The van der Waals surface area contributed by atoms with Crippen LogP contribution in [0.15, 0.2) is 64.5 Å². The average molecular weight is 493 g/mol. The first-order valence-electron chi connectivity index (χ1n) is 10.8. The Morgan fingerprint density at radius 1 is 1.15 bits per heavy atom. The molecule has 0 saturated heterocycles. The molecule has 168 valence electrons. The van der Waals surface area contributed by atoms with Gasteiger partial charge in [-0.2, -0.15) is 0 Å². The highest BCUT2D eigenvalue weighted by atomic mass is 32.2. The first-order chi connectivity index (χ1) is 15.8. The zero-order valence-electron chi connectivity index (χ0n) is 18.8. The van der Waals surface area contributed by atoms with E-state index in [0.717, 1.165) is 39.2 Å². The van der Waals surface area contributed by atoms with Crippen molar-refractivity contribution in [3.05, 3.63) is 86.5 Å². The Labute approximate surface area is 205 Å². The van der Waals surface area contributed by atoms with Crippen molar-refractivity contribution < 1.29 is 4.79 Å². The summed E-state index contributed by atoms with van der Waals surface area (Å²) in [6.45, 7) is 6.48. The SMILES string of the molecule is Cc1cccc(-n2c(SCC(=O)c3ccccc3)nc3sc4c(c3c2=O)CC(C)(C)SC4)c1. The fraction of sp³-hybridized carbons (Fsp3) is 0.269. The fourth-order valence-electron chi connectivity index (χ4n) is 4.10. The van der Waals surface area contributed by atoms with Gasteiger partial charge < -0.3 is 0 Å². The molecule has 0 bridgehead atoms. The van der Waals surface area contributed by atoms with Crippen LogP contribution in [0.4, 0.5) is 0 Å². The molecular formula is C26H24N2O2S3. The molecule has 33 heavy (non-hydrogen) atoms. The summed E-state index contributed by atoms with van der Waals surface area (Å²) in [6, 6.07) is 17.2. The molecule has 0 unspecified atom stereocenters. The van der Waals surface area contributed by atoms with Crippen molar-refractivity contribution in [2.24, 2.45) is 0 Å². The average Bonchev–Trinajstić information content (AvgIpc) is 3.14. The van der Waals surface area contributed by atoms with Crippen LogP contribution < -0.4 is 5.56 Å². The summed E-state index contributed by atoms with van der Waals surface area (Å²) in [4.78, 5) is 33.7. The summed E-state index contributed by atoms with van der Waals surface area (Å²) in [5, 5.41) is 1.30. The summed E-state index contributed by atoms with van der Waals surface area (Å²) in [7, 11) is 0. The van der Waals surface area contributed by atoms with Gasteiger partial charge in [-0.1, -0.05) is 68.1 Å². The third-order valence-electron chi connectivity index (χ3n) is 5.76. The number of nitrogens with zero attached hydrogens (tertiary/aromatic N) is 2. The zero-order chi connectivity index (χ0) is 23.2. The molecular weight excluding hydrogens is 468 g/mol. The lowest BCUT2D eigenvalue weighted by atomic mass is 10.00. The zero-order valence-corrected chi connectivity index (χ0v) is 21.2. The van der Waals surface area contributed by atoms with Crippen LogP contribution in [-0.4, -0.2) is 25.8 Å². The standard InChI is InChI=1S/C26H24N2O2S3/c1-16-8-7-11-18(12-16)28-24(30)22-19-13-26(2,3)32-15-21(19)33-23(22)27-25(28)31-14-20(29)17-9-5-4-6-10-17/h4-12H,13-15H2,1-3H3. The molecule has 0 amide bonds. The van der Waals surface area contributed by atoms with Crippen molar-refractivity contribution in [2.45, 2.75) is 42.8 Å². The highest BCUT2D eigenvalue weighted by Gasteiger charge is 2.31. The summed E-state index contributed by atoms with van der Waals surface area (Å²) >= 11 is 4.88. The molecule has 0 fully saturated rings. The molecule has 4 aromatic rings. The Kier molecular flexibility index (Phi) is 5.97. The molecule has 2 aromatic heterocycles. The largest absolute Gasteiger partial charge is 0.293 e. The summed E-state index contributed by atoms with van der Waals surface area (Å²) < 4.78 is 1.79. The Hall–Kier alpha value is -2.35. The Morgan fingerprint density at radius 2 is 1.94 bits per heavy atom. The minimum atomic E-state index is -0.0412. The minimum absolute atomic E-state index is 0.0226. The van der Waals surface area contributed by atoms with Gasteiger partial charge in [0.25, 0.3) is 5.56 Å². The maximum Gasteiger partial charge on any atom is 0.267 e. The van der Waals surface area contributed by atoms with Crippen LogP contribution >= 0.6 is 34.9 Å². The number of hydrogen-bond acceptors (Lipinski definition) is 6. The summed E-state index contributed by atoms with van der Waals surface area (Å²) in [5.41, 5.74) is 3.63. The number of rotatable bonds is 5. The fourth-order valence-corrected chi connectivity index (χ4v) is 7.39. The maximum absolute atomic E-state index is 13.9. The first kappa shape index (κ1) is 22.4. The van der Waals surface area contributed by atoms with Crippen LogP contribution in [0.2, 0.25) is 0 Å². The van der Waals surface area contributed by atoms with Gasteiger partial charge in [0.1, 0.15) is 4.83 Å². The van der Waals surface area contributed by atoms with Crippen LogP contribution in [-0.2, 0) is 12.2 Å². The van der Waals surface area contributed by atoms with E-state index in [2.05, 4.69) is 13.8 Å². The first-order valence-corrected chi connectivity index (χ1v) is 13.6. The molecule has 4 nitrogen and oxygen atoms in total. The van der Waals surface area contributed by atoms with Crippen LogP contribution in [0.5, 0.6) is 0 Å². The van der Waals surface area contributed by atoms with Crippen LogP contribution in [0.25, 0.3) is 15.9 Å². The molecule has 1 aliphatic rings. The van der Waals surface area contributed by atoms with E-state index in [9.17, 15) is 9.59 Å². The highest BCUT2D eigenvalue weighted by Crippen LogP contribution is 2.44. The number of ketones is 1. The molecule has 7 heteroatoms. The minimum Gasteiger partial charge on any atom is -0.293 e. The van der Waals surface area contributed by atoms with E-state index >= 15 is 0 Å². The second-order valence-corrected chi connectivity index (χ2v) is 12.6. The lowest BCUT2D eigenvalue weighted by molar-refractivity contribution is 0.102. The maximum atomic E-state index is 13.9. The predicted molar refractivity (Wildman–Crippen MR) is 141 cm³/mol. The predicted octanol–water partition coefficient (Wildman–Crippen LogP) is 6.30. The molecule has 0 aliphatic carbocycles. The van der Waals surface area contributed by atoms with Crippen molar-refractivity contribution in [1.82, 2.24) is 9.55 Å². The lowest BCUT2D eigenvalue weighted by Gasteiger charge is -2.28. The van der Waals surface area contributed by atoms with Crippen LogP contribution in [0, 0.1) is 6.92 Å². The number of carbonyl (C=O) groups is 1. The van der Waals surface area contributed by atoms with Crippen LogP contribution in [0.3, 0.4) is 0 Å². The van der Waals surface area contributed by atoms with Crippen molar-refractivity contribution in [2.75, 3.05) is 5.75 Å². The van der Waals surface area contributed by atoms with E-state index in [0.29, 0.717) is 10.7 Å². The van der Waals surface area contributed by atoms with E-state index in [1.54, 1.807) is 15.9 Å². The number of hydrogen-bond donors (Lipinski definition) is 0. The molecule has 0 radical (unpaired) electrons. The van der Waals surface area contributed by atoms with E-state index in [1.807, 2.05) is 73.3 Å². The number of aromatic nitrogens is 2. The number of carbonyl (C=O) groups excluding carboxylic acids is 1. The van der Waals surface area contributed by atoms with Gasteiger partial charge in [-0.05, 0) is 36.6 Å². The highest BCUT2D eigenvalue weighted by molar-refractivity contribution is 8.00. The van der Waals surface area contributed by atoms with Gasteiger partial charge in [-0.15, -0.1) is 23.1 Å². The second kappa shape index (κ2) is 8.78. The van der Waals surface area contributed by atoms with Crippen LogP contribution in [0.1, 0.15) is 40.2 Å². The van der Waals surface area contributed by atoms with Gasteiger partial charge in [-0.3, -0.25) is 14.2 Å². The number of fused-ring (bicyclic) bond motifs is 3. The van der Waals surface area contributed by atoms with E-state index in [4.69, 9.17) is 4.98 Å². The number of thiophene rings is 1. The number of thioether (sulfide) groups is 2. The summed E-state index contributed by atoms with van der Waals surface area (Å²) in [5.74, 6) is 1.15. The second-order valence-electron chi connectivity index (χ2n) is 8.86. The number of aryl methyl sites for hydroxylation is 1. The molecule has 5 rings (SSSR count). The van der Waals surface area contributed by atoms with Gasteiger partial charge in [0.15, 0.2) is 10.9 Å². The van der Waals surface area contributed by atoms with Gasteiger partial charge in [0.2, 0.25) is 0 Å². The van der Waals surface area contributed by atoms with Crippen molar-refractivity contribution in [3.63, 3.8) is 0 Å². The molecule has 1 aliphatic heterocycles. The quantitative estimate of drug-likeness (QED) is 0.186. The Bertz CT molecular complexity index is 1420. The summed E-state index contributed by atoms with van der Waals surface area (Å²) in [6.07, 6.45) is 0.858. The van der Waals surface area contributed by atoms with Gasteiger partial charge in [0, 0.05) is 20.9 Å². The van der Waals surface area contributed by atoms with E-state index in [-0.39, 0.29) is 21.8 Å². The Balaban J connectivity index is 1.64. The number of benzene rings is 2. The van der Waals surface area contributed by atoms with E-state index in [1.165, 1.54) is 16.6 Å². The van der Waals surface area contributed by atoms with E-state index < -0.39 is 0 Å². The van der Waals surface area contributed by atoms with Gasteiger partial charge in [-0.25, -0.2) is 4.98 Å². The van der Waals surface area contributed by atoms with Crippen molar-refractivity contribution in [3.8, 4) is 5.69 Å². The van der Waals surface area contributed by atoms with Crippen molar-refractivity contribution in [1.29, 1.82) is 0 Å². The molecule has 0 saturated carbocycles. The molecule has 0 N–H and O–H groups in total. The van der Waals surface area contributed by atoms with Gasteiger partial charge in [0.05, 0.1) is 16.8 Å². The lowest BCUT2D eigenvalue weighted by Crippen LogP contribution is -2.26. The normalized spacial score (nSPS) is 14.9. The Morgan fingerprint density at radius 3 is 2.70 bits per heavy atom. The third-order valence-corrected chi connectivity index (χ3v) is 9.37. The third kappa shape index (κ3) is 4.42. The smallest absolute Gasteiger partial charge is 0.267 e.